The van der Waals surface area contributed by atoms with Gasteiger partial charge in [0.2, 0.25) is 11.8 Å². The first kappa shape index (κ1) is 21.0. The standard InChI is InChI=1S/C21H22FN3O3S/c22-16-10-4-5-11-17(16)24-19(27)14-18-20(28)25(12-6-7-13-26)21(29-18)23-15-8-2-1-3-9-15/h1-5,8-11,18,26H,6-7,12-14H2,(H,24,27). The quantitative estimate of drug-likeness (QED) is 0.646. The number of aliphatic hydroxyl groups excluding tert-OH is 1. The summed E-state index contributed by atoms with van der Waals surface area (Å²) < 4.78 is 13.7. The molecule has 1 atom stereocenters. The van der Waals surface area contributed by atoms with Gasteiger partial charge in [0.05, 0.1) is 11.4 Å². The minimum absolute atomic E-state index is 0.0504. The number of rotatable bonds is 8. The van der Waals surface area contributed by atoms with E-state index in [1.54, 1.807) is 11.0 Å². The van der Waals surface area contributed by atoms with Gasteiger partial charge in [0.15, 0.2) is 5.17 Å². The highest BCUT2D eigenvalue weighted by molar-refractivity contribution is 8.15. The number of benzene rings is 2. The molecule has 0 bridgehead atoms. The predicted molar refractivity (Wildman–Crippen MR) is 113 cm³/mol. The number of hydrogen-bond donors (Lipinski definition) is 2. The van der Waals surface area contributed by atoms with Crippen LogP contribution in [0.25, 0.3) is 0 Å². The minimum Gasteiger partial charge on any atom is -0.396 e. The van der Waals surface area contributed by atoms with Crippen molar-refractivity contribution in [2.24, 2.45) is 4.99 Å². The van der Waals surface area contributed by atoms with Crippen LogP contribution >= 0.6 is 11.8 Å². The van der Waals surface area contributed by atoms with E-state index in [4.69, 9.17) is 5.11 Å². The van der Waals surface area contributed by atoms with Crippen LogP contribution < -0.4 is 5.32 Å². The molecule has 1 saturated heterocycles. The zero-order valence-electron chi connectivity index (χ0n) is 15.8. The number of nitrogens with zero attached hydrogens (tertiary/aromatic N) is 2. The van der Waals surface area contributed by atoms with Gasteiger partial charge in [-0.2, -0.15) is 0 Å². The number of anilines is 1. The van der Waals surface area contributed by atoms with E-state index in [9.17, 15) is 14.0 Å². The van der Waals surface area contributed by atoms with Crippen LogP contribution in [-0.4, -0.2) is 45.4 Å². The van der Waals surface area contributed by atoms with Gasteiger partial charge in [0.1, 0.15) is 11.1 Å². The van der Waals surface area contributed by atoms with Crippen molar-refractivity contribution >= 4 is 40.1 Å². The average Bonchev–Trinajstić information content (AvgIpc) is 2.99. The molecule has 2 aromatic carbocycles. The van der Waals surface area contributed by atoms with E-state index < -0.39 is 17.0 Å². The summed E-state index contributed by atoms with van der Waals surface area (Å²) in [4.78, 5) is 31.3. The summed E-state index contributed by atoms with van der Waals surface area (Å²) in [6.45, 7) is 0.471. The number of amidine groups is 1. The molecule has 0 aliphatic carbocycles. The lowest BCUT2D eigenvalue weighted by molar-refractivity contribution is -0.128. The Labute approximate surface area is 172 Å². The third-order valence-electron chi connectivity index (χ3n) is 4.31. The number of amides is 2. The van der Waals surface area contributed by atoms with Crippen LogP contribution in [0.15, 0.2) is 59.6 Å². The Bertz CT molecular complexity index is 892. The second kappa shape index (κ2) is 10.2. The monoisotopic (exact) mass is 415 g/mol. The molecule has 8 heteroatoms. The SMILES string of the molecule is O=C(CC1SC(=Nc2ccccc2)N(CCCCO)C1=O)Nc1ccccc1F. The fourth-order valence-electron chi connectivity index (χ4n) is 2.86. The van der Waals surface area contributed by atoms with Gasteiger partial charge < -0.3 is 10.4 Å². The Morgan fingerprint density at radius 3 is 2.59 bits per heavy atom. The molecule has 1 aliphatic rings. The molecular weight excluding hydrogens is 393 g/mol. The molecule has 2 aromatic rings. The molecule has 2 amide bonds. The summed E-state index contributed by atoms with van der Waals surface area (Å²) in [5.74, 6) is -1.16. The highest BCUT2D eigenvalue weighted by Gasteiger charge is 2.38. The van der Waals surface area contributed by atoms with Crippen molar-refractivity contribution in [2.45, 2.75) is 24.5 Å². The van der Waals surface area contributed by atoms with Crippen molar-refractivity contribution in [3.8, 4) is 0 Å². The molecule has 152 valence electrons. The van der Waals surface area contributed by atoms with E-state index >= 15 is 0 Å². The van der Waals surface area contributed by atoms with Crippen LogP contribution in [0.5, 0.6) is 0 Å². The van der Waals surface area contributed by atoms with E-state index in [0.717, 1.165) is 0 Å². The Balaban J connectivity index is 1.72. The normalized spacial score (nSPS) is 17.7. The maximum absolute atomic E-state index is 13.7. The minimum atomic E-state index is -0.627. The van der Waals surface area contributed by atoms with Crippen LogP contribution in [0.4, 0.5) is 15.8 Å². The summed E-state index contributed by atoms with van der Waals surface area (Å²) in [7, 11) is 0. The van der Waals surface area contributed by atoms with E-state index in [1.165, 1.54) is 30.0 Å². The molecular formula is C21H22FN3O3S. The van der Waals surface area contributed by atoms with Gasteiger partial charge in [0.25, 0.3) is 0 Å². The highest BCUT2D eigenvalue weighted by Crippen LogP contribution is 2.32. The second-order valence-electron chi connectivity index (χ2n) is 6.49. The number of nitrogens with one attached hydrogen (secondary N) is 1. The van der Waals surface area contributed by atoms with Gasteiger partial charge in [-0.3, -0.25) is 14.5 Å². The van der Waals surface area contributed by atoms with Crippen molar-refractivity contribution in [1.82, 2.24) is 4.90 Å². The lowest BCUT2D eigenvalue weighted by Crippen LogP contribution is -2.34. The van der Waals surface area contributed by atoms with Crippen molar-refractivity contribution in [3.05, 3.63) is 60.4 Å². The number of unbranched alkanes of at least 4 members (excludes halogenated alkanes) is 1. The third kappa shape index (κ3) is 5.65. The Morgan fingerprint density at radius 1 is 1.14 bits per heavy atom. The van der Waals surface area contributed by atoms with E-state index in [1.807, 2.05) is 30.3 Å². The molecule has 0 saturated carbocycles. The fourth-order valence-corrected chi connectivity index (χ4v) is 4.04. The molecule has 3 rings (SSSR count). The fraction of sp³-hybridized carbons (Fsp3) is 0.286. The summed E-state index contributed by atoms with van der Waals surface area (Å²) >= 11 is 1.23. The average molecular weight is 415 g/mol. The number of thioether (sulfide) groups is 1. The van der Waals surface area contributed by atoms with Gasteiger partial charge in [-0.1, -0.05) is 42.1 Å². The van der Waals surface area contributed by atoms with Crippen molar-refractivity contribution in [3.63, 3.8) is 0 Å². The summed E-state index contributed by atoms with van der Waals surface area (Å²) in [5, 5.41) is 11.4. The van der Waals surface area contributed by atoms with Crippen LogP contribution in [0.3, 0.4) is 0 Å². The zero-order chi connectivity index (χ0) is 20.6. The maximum atomic E-state index is 13.7. The van der Waals surface area contributed by atoms with Crippen LogP contribution in [0.2, 0.25) is 0 Å². The molecule has 0 radical (unpaired) electrons. The van der Waals surface area contributed by atoms with Gasteiger partial charge in [-0.25, -0.2) is 9.38 Å². The van der Waals surface area contributed by atoms with Gasteiger partial charge in [0, 0.05) is 19.6 Å². The number of halogens is 1. The molecule has 0 aromatic heterocycles. The summed E-state index contributed by atoms with van der Waals surface area (Å²) in [6.07, 6.45) is 1.12. The van der Waals surface area contributed by atoms with Gasteiger partial charge >= 0.3 is 0 Å². The van der Waals surface area contributed by atoms with E-state index in [0.29, 0.717) is 30.2 Å². The number of aliphatic hydroxyl groups is 1. The number of aliphatic imine (C=N–C) groups is 1. The second-order valence-corrected chi connectivity index (χ2v) is 7.66. The van der Waals surface area contributed by atoms with Crippen LogP contribution in [0, 0.1) is 5.82 Å². The number of carbonyl (C=O) groups is 2. The van der Waals surface area contributed by atoms with E-state index in [-0.39, 0.29) is 24.6 Å². The molecule has 2 N–H and O–H groups in total. The van der Waals surface area contributed by atoms with Crippen molar-refractivity contribution < 1.29 is 19.1 Å². The first-order valence-electron chi connectivity index (χ1n) is 9.35. The molecule has 1 fully saturated rings. The first-order chi connectivity index (χ1) is 14.1. The molecule has 0 spiro atoms. The lowest BCUT2D eigenvalue weighted by Gasteiger charge is -2.16. The lowest BCUT2D eigenvalue weighted by atomic mass is 10.2. The topological polar surface area (TPSA) is 82.0 Å². The van der Waals surface area contributed by atoms with E-state index in [2.05, 4.69) is 10.3 Å². The Morgan fingerprint density at radius 2 is 1.86 bits per heavy atom. The van der Waals surface area contributed by atoms with Crippen LogP contribution in [0.1, 0.15) is 19.3 Å². The smallest absolute Gasteiger partial charge is 0.242 e. The molecule has 6 nitrogen and oxygen atoms in total. The molecule has 1 heterocycles. The zero-order valence-corrected chi connectivity index (χ0v) is 16.6. The number of carbonyl (C=O) groups excluding carboxylic acids is 2. The third-order valence-corrected chi connectivity index (χ3v) is 5.48. The highest BCUT2D eigenvalue weighted by atomic mass is 32.2. The Hall–Kier alpha value is -2.71. The number of para-hydroxylation sites is 2. The van der Waals surface area contributed by atoms with Crippen molar-refractivity contribution in [2.75, 3.05) is 18.5 Å². The van der Waals surface area contributed by atoms with Gasteiger partial charge in [-0.05, 0) is 37.1 Å². The van der Waals surface area contributed by atoms with Gasteiger partial charge in [-0.15, -0.1) is 0 Å². The molecule has 1 unspecified atom stereocenters. The predicted octanol–water partition coefficient (Wildman–Crippen LogP) is 3.56. The first-order valence-corrected chi connectivity index (χ1v) is 10.2. The summed E-state index contributed by atoms with van der Waals surface area (Å²) in [5.41, 5.74) is 0.803. The summed E-state index contributed by atoms with van der Waals surface area (Å²) in [6, 6.07) is 15.2. The maximum Gasteiger partial charge on any atom is 0.242 e. The molecule has 1 aliphatic heterocycles. The largest absolute Gasteiger partial charge is 0.396 e. The van der Waals surface area contributed by atoms with Crippen LogP contribution in [-0.2, 0) is 9.59 Å². The Kier molecular flexibility index (Phi) is 7.37. The molecule has 29 heavy (non-hydrogen) atoms. The van der Waals surface area contributed by atoms with Crippen molar-refractivity contribution in [1.29, 1.82) is 0 Å². The number of hydrogen-bond acceptors (Lipinski definition) is 5.